The van der Waals surface area contributed by atoms with Gasteiger partial charge in [0.2, 0.25) is 0 Å². The molecule has 0 fully saturated rings. The second-order valence-corrected chi connectivity index (χ2v) is 4.35. The van der Waals surface area contributed by atoms with Crippen LogP contribution in [0.1, 0.15) is 28.4 Å². The zero-order valence-electron chi connectivity index (χ0n) is 9.66. The zero-order valence-corrected chi connectivity index (χ0v) is 9.66. The van der Waals surface area contributed by atoms with Gasteiger partial charge in [0.25, 0.3) is 0 Å². The molecule has 2 nitrogen and oxygen atoms in total. The Morgan fingerprint density at radius 2 is 1.82 bits per heavy atom. The first-order valence-corrected chi connectivity index (χ1v) is 5.73. The molecular weight excluding hydrogens is 210 g/mol. The number of benzene rings is 2. The maximum absolute atomic E-state index is 11.6. The molecule has 0 unspecified atom stereocenters. The van der Waals surface area contributed by atoms with Gasteiger partial charge in [0.1, 0.15) is 0 Å². The van der Waals surface area contributed by atoms with Crippen molar-refractivity contribution in [2.45, 2.75) is 13.3 Å². The second-order valence-electron chi connectivity index (χ2n) is 4.35. The predicted octanol–water partition coefficient (Wildman–Crippen LogP) is 3.54. The van der Waals surface area contributed by atoms with Crippen LogP contribution in [0.3, 0.4) is 0 Å². The molecule has 0 spiro atoms. The fourth-order valence-electron chi connectivity index (χ4n) is 2.32. The molecule has 2 aromatic rings. The standard InChI is InChI=1S/C15H13NO/c1-10(17)13-7-4-6-12-9-11-5-2-3-8-14(11)16-15(12)13/h2-8,16H,9H2,1H3. The van der Waals surface area contributed by atoms with Gasteiger partial charge in [-0.15, -0.1) is 0 Å². The van der Waals surface area contributed by atoms with Crippen LogP contribution in [-0.2, 0) is 6.42 Å². The average molecular weight is 223 g/mol. The van der Waals surface area contributed by atoms with Gasteiger partial charge in [-0.05, 0) is 30.2 Å². The number of para-hydroxylation sites is 2. The van der Waals surface area contributed by atoms with Crippen molar-refractivity contribution in [3.8, 4) is 0 Å². The Kier molecular flexibility index (Phi) is 2.22. The molecule has 1 heterocycles. The molecule has 2 aromatic carbocycles. The number of carbonyl (C=O) groups excluding carboxylic acids is 1. The Bertz CT molecular complexity index is 602. The van der Waals surface area contributed by atoms with Crippen molar-refractivity contribution in [2.75, 3.05) is 5.32 Å². The third-order valence-corrected chi connectivity index (χ3v) is 3.19. The lowest BCUT2D eigenvalue weighted by Crippen LogP contribution is -2.10. The number of carbonyl (C=O) groups is 1. The van der Waals surface area contributed by atoms with E-state index >= 15 is 0 Å². The molecule has 2 heteroatoms. The summed E-state index contributed by atoms with van der Waals surface area (Å²) >= 11 is 0. The highest BCUT2D eigenvalue weighted by molar-refractivity contribution is 6.01. The van der Waals surface area contributed by atoms with Crippen molar-refractivity contribution in [3.05, 3.63) is 59.2 Å². The van der Waals surface area contributed by atoms with Crippen LogP contribution in [-0.4, -0.2) is 5.78 Å². The highest BCUT2D eigenvalue weighted by Crippen LogP contribution is 2.34. The van der Waals surface area contributed by atoms with E-state index in [2.05, 4.69) is 23.5 Å². The number of hydrogen-bond acceptors (Lipinski definition) is 2. The number of fused-ring (bicyclic) bond motifs is 2. The van der Waals surface area contributed by atoms with E-state index in [-0.39, 0.29) is 5.78 Å². The quantitative estimate of drug-likeness (QED) is 0.639. The first-order chi connectivity index (χ1) is 8.25. The summed E-state index contributed by atoms with van der Waals surface area (Å²) in [7, 11) is 0. The average Bonchev–Trinajstić information content (AvgIpc) is 2.35. The Balaban J connectivity index is 2.15. The van der Waals surface area contributed by atoms with Gasteiger partial charge in [-0.2, -0.15) is 0 Å². The number of rotatable bonds is 1. The van der Waals surface area contributed by atoms with Crippen molar-refractivity contribution < 1.29 is 4.79 Å². The van der Waals surface area contributed by atoms with Crippen LogP contribution in [0.4, 0.5) is 11.4 Å². The van der Waals surface area contributed by atoms with Crippen LogP contribution >= 0.6 is 0 Å². The van der Waals surface area contributed by atoms with E-state index in [9.17, 15) is 4.79 Å². The lowest BCUT2D eigenvalue weighted by molar-refractivity contribution is 0.101. The van der Waals surface area contributed by atoms with Crippen LogP contribution in [0.5, 0.6) is 0 Å². The first kappa shape index (κ1) is 10.1. The smallest absolute Gasteiger partial charge is 0.161 e. The van der Waals surface area contributed by atoms with E-state index in [1.165, 1.54) is 11.1 Å². The van der Waals surface area contributed by atoms with Crippen LogP contribution in [0.15, 0.2) is 42.5 Å². The van der Waals surface area contributed by atoms with Gasteiger partial charge in [-0.3, -0.25) is 4.79 Å². The molecule has 1 N–H and O–H groups in total. The number of hydrogen-bond donors (Lipinski definition) is 1. The molecule has 0 aromatic heterocycles. The van der Waals surface area contributed by atoms with E-state index in [0.29, 0.717) is 0 Å². The highest BCUT2D eigenvalue weighted by atomic mass is 16.1. The monoisotopic (exact) mass is 223 g/mol. The molecule has 0 aliphatic carbocycles. The molecule has 17 heavy (non-hydrogen) atoms. The van der Waals surface area contributed by atoms with Crippen LogP contribution < -0.4 is 5.32 Å². The Morgan fingerprint density at radius 3 is 2.65 bits per heavy atom. The lowest BCUT2D eigenvalue weighted by Gasteiger charge is -2.23. The zero-order chi connectivity index (χ0) is 11.8. The largest absolute Gasteiger partial charge is 0.354 e. The molecule has 0 radical (unpaired) electrons. The van der Waals surface area contributed by atoms with Gasteiger partial charge in [0, 0.05) is 17.7 Å². The van der Waals surface area contributed by atoms with Gasteiger partial charge in [-0.1, -0.05) is 30.3 Å². The fraction of sp³-hybridized carbons (Fsp3) is 0.133. The third kappa shape index (κ3) is 1.62. The van der Waals surface area contributed by atoms with E-state index in [1.54, 1.807) is 6.92 Å². The van der Waals surface area contributed by atoms with E-state index in [0.717, 1.165) is 23.4 Å². The summed E-state index contributed by atoms with van der Waals surface area (Å²) in [5.74, 6) is 0.105. The molecule has 0 bridgehead atoms. The van der Waals surface area contributed by atoms with Crippen LogP contribution in [0.2, 0.25) is 0 Å². The van der Waals surface area contributed by atoms with Crippen molar-refractivity contribution >= 4 is 17.2 Å². The third-order valence-electron chi connectivity index (χ3n) is 3.19. The number of Topliss-reactive ketones (excluding diaryl/α,β-unsaturated/α-hetero) is 1. The van der Waals surface area contributed by atoms with E-state index in [1.807, 2.05) is 24.3 Å². The van der Waals surface area contributed by atoms with Crippen molar-refractivity contribution in [1.82, 2.24) is 0 Å². The minimum absolute atomic E-state index is 0.105. The Morgan fingerprint density at radius 1 is 1.06 bits per heavy atom. The number of ketones is 1. The molecule has 0 atom stereocenters. The maximum Gasteiger partial charge on any atom is 0.161 e. The topological polar surface area (TPSA) is 29.1 Å². The van der Waals surface area contributed by atoms with Gasteiger partial charge in [0.15, 0.2) is 5.78 Å². The minimum Gasteiger partial charge on any atom is -0.354 e. The van der Waals surface area contributed by atoms with Gasteiger partial charge < -0.3 is 5.32 Å². The van der Waals surface area contributed by atoms with Gasteiger partial charge in [0.05, 0.1) is 5.69 Å². The van der Waals surface area contributed by atoms with E-state index in [4.69, 9.17) is 0 Å². The Hall–Kier alpha value is -2.09. The molecule has 84 valence electrons. The molecule has 1 aliphatic rings. The summed E-state index contributed by atoms with van der Waals surface area (Å²) in [6.45, 7) is 1.61. The summed E-state index contributed by atoms with van der Waals surface area (Å²) in [4.78, 5) is 11.6. The summed E-state index contributed by atoms with van der Waals surface area (Å²) in [5.41, 5.74) is 5.32. The molecular formula is C15H13NO. The second kappa shape index (κ2) is 3.74. The molecule has 3 rings (SSSR count). The normalized spacial score (nSPS) is 12.3. The van der Waals surface area contributed by atoms with Crippen LogP contribution in [0, 0.1) is 0 Å². The summed E-state index contributed by atoms with van der Waals surface area (Å²) in [6.07, 6.45) is 0.889. The van der Waals surface area contributed by atoms with E-state index < -0.39 is 0 Å². The molecule has 0 saturated heterocycles. The first-order valence-electron chi connectivity index (χ1n) is 5.73. The molecule has 1 aliphatic heterocycles. The fourth-order valence-corrected chi connectivity index (χ4v) is 2.32. The molecule has 0 saturated carbocycles. The Labute approximate surface area is 100 Å². The van der Waals surface area contributed by atoms with Crippen molar-refractivity contribution in [3.63, 3.8) is 0 Å². The van der Waals surface area contributed by atoms with Crippen molar-refractivity contribution in [1.29, 1.82) is 0 Å². The van der Waals surface area contributed by atoms with Gasteiger partial charge in [-0.25, -0.2) is 0 Å². The number of nitrogens with one attached hydrogen (secondary N) is 1. The number of anilines is 2. The summed E-state index contributed by atoms with van der Waals surface area (Å²) in [5, 5.41) is 3.37. The predicted molar refractivity (Wildman–Crippen MR) is 69.0 cm³/mol. The van der Waals surface area contributed by atoms with Crippen molar-refractivity contribution in [2.24, 2.45) is 0 Å². The summed E-state index contributed by atoms with van der Waals surface area (Å²) in [6, 6.07) is 14.1. The lowest BCUT2D eigenvalue weighted by atomic mass is 9.94. The minimum atomic E-state index is 0.105. The maximum atomic E-state index is 11.6. The SMILES string of the molecule is CC(=O)c1cccc2c1Nc1ccccc1C2. The summed E-state index contributed by atoms with van der Waals surface area (Å²) < 4.78 is 0. The molecule has 0 amide bonds. The van der Waals surface area contributed by atoms with Gasteiger partial charge >= 0.3 is 0 Å². The highest BCUT2D eigenvalue weighted by Gasteiger charge is 2.18. The van der Waals surface area contributed by atoms with Crippen LogP contribution in [0.25, 0.3) is 0 Å².